The van der Waals surface area contributed by atoms with Crippen molar-refractivity contribution in [2.24, 2.45) is 7.05 Å². The van der Waals surface area contributed by atoms with Gasteiger partial charge in [0.25, 0.3) is 11.5 Å². The predicted octanol–water partition coefficient (Wildman–Crippen LogP) is 0.352. The zero-order valence-electron chi connectivity index (χ0n) is 13.4. The maximum atomic E-state index is 12.7. The first-order valence-corrected chi connectivity index (χ1v) is 7.59. The third-order valence-corrected chi connectivity index (χ3v) is 4.70. The molecule has 1 amide bonds. The monoisotopic (exact) mass is 308 g/mol. The van der Waals surface area contributed by atoms with Gasteiger partial charge in [0.1, 0.15) is 5.56 Å². The van der Waals surface area contributed by atoms with E-state index in [2.05, 4.69) is 0 Å². The van der Waals surface area contributed by atoms with E-state index in [1.165, 1.54) is 4.57 Å². The number of aromatic nitrogens is 1. The molecule has 1 aromatic heterocycles. The van der Waals surface area contributed by atoms with Gasteiger partial charge in [-0.1, -0.05) is 0 Å². The second-order valence-corrected chi connectivity index (χ2v) is 6.22. The van der Waals surface area contributed by atoms with Crippen LogP contribution in [0.5, 0.6) is 0 Å². The summed E-state index contributed by atoms with van der Waals surface area (Å²) in [7, 11) is 1.66. The molecule has 0 aliphatic carbocycles. The van der Waals surface area contributed by atoms with Crippen molar-refractivity contribution >= 4 is 5.91 Å². The molecule has 1 atom stereocenters. The zero-order valence-corrected chi connectivity index (χ0v) is 13.4. The fourth-order valence-electron chi connectivity index (χ4n) is 2.84. The Hall–Kier alpha value is -1.66. The normalized spacial score (nSPS) is 22.5. The first-order chi connectivity index (χ1) is 10.3. The average Bonchev–Trinajstić information content (AvgIpc) is 2.71. The minimum Gasteiger partial charge on any atom is -0.393 e. The average molecular weight is 308 g/mol. The highest BCUT2D eigenvalue weighted by molar-refractivity contribution is 5.94. The summed E-state index contributed by atoms with van der Waals surface area (Å²) in [5, 5.41) is 19.4. The quantitative estimate of drug-likeness (QED) is 0.826. The molecule has 1 fully saturated rings. The van der Waals surface area contributed by atoms with Gasteiger partial charge in [-0.3, -0.25) is 9.59 Å². The van der Waals surface area contributed by atoms with Gasteiger partial charge in [-0.15, -0.1) is 0 Å². The maximum Gasteiger partial charge on any atom is 0.263 e. The maximum absolute atomic E-state index is 12.7. The number of pyridine rings is 1. The Balaban J connectivity index is 2.28. The molecule has 1 unspecified atom stereocenters. The lowest BCUT2D eigenvalue weighted by molar-refractivity contribution is -0.0250. The smallest absolute Gasteiger partial charge is 0.263 e. The zero-order chi connectivity index (χ0) is 16.5. The van der Waals surface area contributed by atoms with Gasteiger partial charge < -0.3 is 19.7 Å². The van der Waals surface area contributed by atoms with E-state index >= 15 is 0 Å². The van der Waals surface area contributed by atoms with Gasteiger partial charge >= 0.3 is 0 Å². The van der Waals surface area contributed by atoms with Crippen LogP contribution in [0, 0.1) is 13.8 Å². The number of likely N-dealkylation sites (tertiary alicyclic amines) is 1. The molecule has 2 N–H and O–H groups in total. The summed E-state index contributed by atoms with van der Waals surface area (Å²) in [6, 6.07) is 1.64. The van der Waals surface area contributed by atoms with E-state index in [9.17, 15) is 19.8 Å². The van der Waals surface area contributed by atoms with Gasteiger partial charge in [-0.2, -0.15) is 0 Å². The highest BCUT2D eigenvalue weighted by Crippen LogP contribution is 2.22. The van der Waals surface area contributed by atoms with Crippen LogP contribution in [0.2, 0.25) is 0 Å². The molecule has 2 heterocycles. The predicted molar refractivity (Wildman–Crippen MR) is 82.9 cm³/mol. The minimum atomic E-state index is -1.12. The molecular formula is C16H24N2O4. The van der Waals surface area contributed by atoms with Crippen LogP contribution in [-0.4, -0.2) is 50.9 Å². The SMILES string of the molecule is Cc1cc(C(=O)N2CCCC(O)(CO)CC2)c(=O)n(C)c1C. The van der Waals surface area contributed by atoms with Gasteiger partial charge in [0, 0.05) is 25.8 Å². The molecule has 1 aliphatic rings. The van der Waals surface area contributed by atoms with Crippen molar-refractivity contribution in [2.45, 2.75) is 38.7 Å². The molecule has 22 heavy (non-hydrogen) atoms. The van der Waals surface area contributed by atoms with Crippen LogP contribution in [0.3, 0.4) is 0 Å². The van der Waals surface area contributed by atoms with Crippen LogP contribution < -0.4 is 5.56 Å². The molecule has 0 spiro atoms. The summed E-state index contributed by atoms with van der Waals surface area (Å²) in [4.78, 5) is 26.6. The molecular weight excluding hydrogens is 284 g/mol. The number of rotatable bonds is 2. The van der Waals surface area contributed by atoms with Gasteiger partial charge in [0.15, 0.2) is 0 Å². The van der Waals surface area contributed by atoms with E-state index in [1.54, 1.807) is 18.0 Å². The summed E-state index contributed by atoms with van der Waals surface area (Å²) >= 11 is 0. The largest absolute Gasteiger partial charge is 0.393 e. The van der Waals surface area contributed by atoms with Gasteiger partial charge in [0.05, 0.1) is 12.2 Å². The van der Waals surface area contributed by atoms with Crippen molar-refractivity contribution in [3.05, 3.63) is 33.2 Å². The molecule has 0 saturated carbocycles. The Morgan fingerprint density at radius 3 is 2.64 bits per heavy atom. The Labute approximate surface area is 130 Å². The van der Waals surface area contributed by atoms with Crippen molar-refractivity contribution in [1.29, 1.82) is 0 Å². The van der Waals surface area contributed by atoms with E-state index in [0.29, 0.717) is 32.4 Å². The lowest BCUT2D eigenvalue weighted by Crippen LogP contribution is -2.39. The first kappa shape index (κ1) is 16.7. The molecule has 2 rings (SSSR count). The standard InChI is InChI=1S/C16H24N2O4/c1-11-9-13(14(20)17(3)12(11)2)15(21)18-7-4-5-16(22,10-19)6-8-18/h9,19,22H,4-8,10H2,1-3H3. The molecule has 1 aromatic rings. The third-order valence-electron chi connectivity index (χ3n) is 4.70. The van der Waals surface area contributed by atoms with Crippen LogP contribution >= 0.6 is 0 Å². The Morgan fingerprint density at radius 2 is 2.00 bits per heavy atom. The lowest BCUT2D eigenvalue weighted by atomic mass is 9.96. The Kier molecular flexibility index (Phi) is 4.72. The summed E-state index contributed by atoms with van der Waals surface area (Å²) in [5.41, 5.74) is 0.484. The summed E-state index contributed by atoms with van der Waals surface area (Å²) in [6.07, 6.45) is 1.38. The molecule has 6 heteroatoms. The van der Waals surface area contributed by atoms with E-state index < -0.39 is 5.60 Å². The molecule has 1 aliphatic heterocycles. The lowest BCUT2D eigenvalue weighted by Gasteiger charge is -2.24. The molecule has 1 saturated heterocycles. The van der Waals surface area contributed by atoms with Gasteiger partial charge in [-0.25, -0.2) is 0 Å². The molecule has 0 bridgehead atoms. The third kappa shape index (κ3) is 3.08. The fraction of sp³-hybridized carbons (Fsp3) is 0.625. The molecule has 122 valence electrons. The van der Waals surface area contributed by atoms with Crippen molar-refractivity contribution in [2.75, 3.05) is 19.7 Å². The first-order valence-electron chi connectivity index (χ1n) is 7.59. The second-order valence-electron chi connectivity index (χ2n) is 6.22. The number of hydrogen-bond donors (Lipinski definition) is 2. The van der Waals surface area contributed by atoms with Crippen molar-refractivity contribution < 1.29 is 15.0 Å². The number of carbonyl (C=O) groups is 1. The number of aliphatic hydroxyl groups excluding tert-OH is 1. The van der Waals surface area contributed by atoms with Crippen LogP contribution in [0.4, 0.5) is 0 Å². The van der Waals surface area contributed by atoms with Gasteiger partial charge in [-0.05, 0) is 44.7 Å². The molecule has 6 nitrogen and oxygen atoms in total. The highest BCUT2D eigenvalue weighted by atomic mass is 16.3. The minimum absolute atomic E-state index is 0.167. The highest BCUT2D eigenvalue weighted by Gasteiger charge is 2.31. The fourth-order valence-corrected chi connectivity index (χ4v) is 2.84. The summed E-state index contributed by atoms with van der Waals surface area (Å²) < 4.78 is 1.49. The Morgan fingerprint density at radius 1 is 1.32 bits per heavy atom. The molecule has 0 radical (unpaired) electrons. The number of nitrogens with zero attached hydrogens (tertiary/aromatic N) is 2. The Bertz CT molecular complexity index is 638. The van der Waals surface area contributed by atoms with Crippen molar-refractivity contribution in [3.8, 4) is 0 Å². The van der Waals surface area contributed by atoms with E-state index in [4.69, 9.17) is 0 Å². The number of aryl methyl sites for hydroxylation is 1. The summed E-state index contributed by atoms with van der Waals surface area (Å²) in [6.45, 7) is 4.24. The van der Waals surface area contributed by atoms with Gasteiger partial charge in [0.2, 0.25) is 0 Å². The van der Waals surface area contributed by atoms with Crippen molar-refractivity contribution in [3.63, 3.8) is 0 Å². The summed E-state index contributed by atoms with van der Waals surface area (Å²) in [5.74, 6) is -0.300. The topological polar surface area (TPSA) is 82.8 Å². The van der Waals surface area contributed by atoms with Crippen LogP contribution in [-0.2, 0) is 7.05 Å². The number of amides is 1. The number of carbonyl (C=O) groups excluding carboxylic acids is 1. The second kappa shape index (κ2) is 6.22. The number of hydrogen-bond acceptors (Lipinski definition) is 4. The van der Waals surface area contributed by atoms with E-state index in [0.717, 1.165) is 11.3 Å². The molecule has 0 aromatic carbocycles. The van der Waals surface area contributed by atoms with Crippen LogP contribution in [0.15, 0.2) is 10.9 Å². The number of aliphatic hydroxyl groups is 2. The van der Waals surface area contributed by atoms with E-state index in [1.807, 2.05) is 13.8 Å². The van der Waals surface area contributed by atoms with Crippen LogP contribution in [0.1, 0.15) is 40.9 Å². The van der Waals surface area contributed by atoms with E-state index in [-0.39, 0.29) is 23.6 Å². The van der Waals surface area contributed by atoms with Crippen molar-refractivity contribution in [1.82, 2.24) is 9.47 Å². The van der Waals surface area contributed by atoms with Crippen LogP contribution in [0.25, 0.3) is 0 Å².